The molecule has 25 heavy (non-hydrogen) atoms. The number of ether oxygens (including phenoxy) is 1. The number of halogens is 1. The van der Waals surface area contributed by atoms with Crippen molar-refractivity contribution in [1.82, 2.24) is 0 Å². The Labute approximate surface area is 153 Å². The van der Waals surface area contributed by atoms with Crippen LogP contribution in [-0.4, -0.2) is 7.11 Å². The molecule has 4 rings (SSSR count). The highest BCUT2D eigenvalue weighted by atomic mass is 35.5. The molecule has 0 bridgehead atoms. The van der Waals surface area contributed by atoms with Crippen molar-refractivity contribution in [2.24, 2.45) is 0 Å². The quantitative estimate of drug-likeness (QED) is 0.426. The monoisotopic (exact) mass is 368 g/mol. The zero-order valence-electron chi connectivity index (χ0n) is 13.3. The lowest BCUT2D eigenvalue weighted by Crippen LogP contribution is -1.97. The minimum Gasteiger partial charge on any atom is -0.497 e. The van der Waals surface area contributed by atoms with Crippen molar-refractivity contribution < 1.29 is 9.15 Å². The number of benzene rings is 2. The zero-order valence-corrected chi connectivity index (χ0v) is 14.9. The van der Waals surface area contributed by atoms with Gasteiger partial charge in [0.1, 0.15) is 11.3 Å². The Bertz CT molecular complexity index is 1130. The van der Waals surface area contributed by atoms with E-state index >= 15 is 0 Å². The van der Waals surface area contributed by atoms with Crippen molar-refractivity contribution in [2.75, 3.05) is 7.11 Å². The van der Waals surface area contributed by atoms with Crippen LogP contribution in [-0.2, 0) is 0 Å². The minimum atomic E-state index is -0.381. The molecule has 2 aromatic carbocycles. The van der Waals surface area contributed by atoms with Gasteiger partial charge < -0.3 is 9.15 Å². The first-order valence-corrected chi connectivity index (χ1v) is 8.81. The maximum atomic E-state index is 12.0. The van der Waals surface area contributed by atoms with E-state index in [4.69, 9.17) is 20.8 Å². The molecular weight excluding hydrogens is 356 g/mol. The maximum absolute atomic E-state index is 12.0. The van der Waals surface area contributed by atoms with E-state index in [1.807, 2.05) is 48.5 Å². The van der Waals surface area contributed by atoms with Crippen molar-refractivity contribution in [3.8, 4) is 26.6 Å². The molecule has 0 aliphatic heterocycles. The Balaban J connectivity index is 1.86. The van der Waals surface area contributed by atoms with Gasteiger partial charge in [0.15, 0.2) is 0 Å². The van der Waals surface area contributed by atoms with Gasteiger partial charge in [-0.2, -0.15) is 0 Å². The largest absolute Gasteiger partial charge is 0.497 e. The second kappa shape index (κ2) is 6.39. The Morgan fingerprint density at radius 2 is 1.84 bits per heavy atom. The molecule has 4 aromatic rings. The van der Waals surface area contributed by atoms with Crippen LogP contribution in [0.2, 0.25) is 5.02 Å². The number of hydrogen-bond acceptors (Lipinski definition) is 4. The van der Waals surface area contributed by atoms with E-state index < -0.39 is 0 Å². The Morgan fingerprint density at radius 1 is 1.00 bits per heavy atom. The molecule has 0 atom stereocenters. The van der Waals surface area contributed by atoms with E-state index in [2.05, 4.69) is 0 Å². The fourth-order valence-electron chi connectivity index (χ4n) is 2.75. The van der Waals surface area contributed by atoms with Crippen molar-refractivity contribution >= 4 is 33.9 Å². The lowest BCUT2D eigenvalue weighted by molar-refractivity contribution is 0.414. The van der Waals surface area contributed by atoms with Crippen LogP contribution < -0.4 is 10.4 Å². The highest BCUT2D eigenvalue weighted by Crippen LogP contribution is 2.38. The third-order valence-electron chi connectivity index (χ3n) is 3.93. The second-order valence-electron chi connectivity index (χ2n) is 5.52. The molecule has 0 aliphatic carbocycles. The molecule has 0 N–H and O–H groups in total. The molecule has 0 amide bonds. The number of rotatable bonds is 3. The molecule has 2 aromatic heterocycles. The average Bonchev–Trinajstić information content (AvgIpc) is 3.10. The molecule has 0 saturated heterocycles. The summed E-state index contributed by atoms with van der Waals surface area (Å²) in [5.41, 5.74) is 2.04. The van der Waals surface area contributed by atoms with Gasteiger partial charge in [0, 0.05) is 37.9 Å². The zero-order chi connectivity index (χ0) is 17.4. The molecule has 5 heteroatoms. The molecule has 0 radical (unpaired) electrons. The standard InChI is InChI=1S/C20H13ClO3S/c1-23-14-5-6-15-16(11-20(22)24-17(15)10-14)19-8-7-18(25-19)12-3-2-4-13(21)9-12/h2-11H,1H3. The highest BCUT2D eigenvalue weighted by Gasteiger charge is 2.12. The van der Waals surface area contributed by atoms with Gasteiger partial charge in [-0.05, 0) is 42.0 Å². The van der Waals surface area contributed by atoms with E-state index in [0.29, 0.717) is 16.4 Å². The van der Waals surface area contributed by atoms with Gasteiger partial charge in [0.05, 0.1) is 7.11 Å². The molecule has 0 fully saturated rings. The SMILES string of the molecule is COc1ccc2c(-c3ccc(-c4cccc(Cl)c4)s3)cc(=O)oc2c1. The first-order chi connectivity index (χ1) is 12.1. The summed E-state index contributed by atoms with van der Waals surface area (Å²) in [6.07, 6.45) is 0. The fourth-order valence-corrected chi connectivity index (χ4v) is 3.98. The number of thiophene rings is 1. The van der Waals surface area contributed by atoms with Gasteiger partial charge >= 0.3 is 5.63 Å². The summed E-state index contributed by atoms with van der Waals surface area (Å²) < 4.78 is 10.5. The minimum absolute atomic E-state index is 0.381. The summed E-state index contributed by atoms with van der Waals surface area (Å²) in [6.45, 7) is 0. The molecule has 2 heterocycles. The van der Waals surface area contributed by atoms with Gasteiger partial charge in [0.2, 0.25) is 0 Å². The van der Waals surface area contributed by atoms with Crippen molar-refractivity contribution in [1.29, 1.82) is 0 Å². The molecule has 3 nitrogen and oxygen atoms in total. The van der Waals surface area contributed by atoms with Crippen LogP contribution in [0, 0.1) is 0 Å². The molecule has 0 aliphatic rings. The van der Waals surface area contributed by atoms with Crippen LogP contribution in [0.3, 0.4) is 0 Å². The van der Waals surface area contributed by atoms with Gasteiger partial charge in [-0.25, -0.2) is 4.79 Å². The van der Waals surface area contributed by atoms with Gasteiger partial charge in [0.25, 0.3) is 0 Å². The smallest absolute Gasteiger partial charge is 0.336 e. The molecule has 0 unspecified atom stereocenters. The topological polar surface area (TPSA) is 39.4 Å². The van der Waals surface area contributed by atoms with Crippen molar-refractivity contribution in [2.45, 2.75) is 0 Å². The fraction of sp³-hybridized carbons (Fsp3) is 0.0500. The van der Waals surface area contributed by atoms with E-state index in [-0.39, 0.29) is 5.63 Å². The van der Waals surface area contributed by atoms with Crippen LogP contribution in [0.4, 0.5) is 0 Å². The number of methoxy groups -OCH3 is 1. The predicted octanol–water partition coefficient (Wildman–Crippen LogP) is 5.85. The van der Waals surface area contributed by atoms with Gasteiger partial charge in [-0.1, -0.05) is 23.7 Å². The predicted molar refractivity (Wildman–Crippen MR) is 103 cm³/mol. The highest BCUT2D eigenvalue weighted by molar-refractivity contribution is 7.18. The van der Waals surface area contributed by atoms with Crippen LogP contribution in [0.1, 0.15) is 0 Å². The first-order valence-electron chi connectivity index (χ1n) is 7.62. The lowest BCUT2D eigenvalue weighted by atomic mass is 10.1. The van der Waals surface area contributed by atoms with Crippen LogP contribution >= 0.6 is 22.9 Å². The van der Waals surface area contributed by atoms with Crippen LogP contribution in [0.5, 0.6) is 5.75 Å². The third kappa shape index (κ3) is 3.06. The first kappa shape index (κ1) is 15.9. The second-order valence-corrected chi connectivity index (χ2v) is 7.04. The summed E-state index contributed by atoms with van der Waals surface area (Å²) in [4.78, 5) is 14.1. The normalized spacial score (nSPS) is 11.0. The molecule has 0 saturated carbocycles. The van der Waals surface area contributed by atoms with Crippen LogP contribution in [0.15, 0.2) is 69.9 Å². The summed E-state index contributed by atoms with van der Waals surface area (Å²) in [7, 11) is 1.58. The number of fused-ring (bicyclic) bond motifs is 1. The van der Waals surface area contributed by atoms with Gasteiger partial charge in [-0.3, -0.25) is 0 Å². The maximum Gasteiger partial charge on any atom is 0.336 e. The summed E-state index contributed by atoms with van der Waals surface area (Å²) in [5.74, 6) is 0.651. The Morgan fingerprint density at radius 3 is 2.64 bits per heavy atom. The summed E-state index contributed by atoms with van der Waals surface area (Å²) in [6, 6.07) is 18.8. The van der Waals surface area contributed by atoms with E-state index in [1.165, 1.54) is 6.07 Å². The van der Waals surface area contributed by atoms with E-state index in [0.717, 1.165) is 26.3 Å². The number of hydrogen-bond donors (Lipinski definition) is 0. The summed E-state index contributed by atoms with van der Waals surface area (Å²) in [5, 5.41) is 1.57. The van der Waals surface area contributed by atoms with Crippen LogP contribution in [0.25, 0.3) is 31.9 Å². The molecular formula is C20H13ClO3S. The molecule has 124 valence electrons. The third-order valence-corrected chi connectivity index (χ3v) is 5.33. The Kier molecular flexibility index (Phi) is 4.07. The van der Waals surface area contributed by atoms with Crippen molar-refractivity contribution in [3.05, 3.63) is 76.1 Å². The summed E-state index contributed by atoms with van der Waals surface area (Å²) >= 11 is 7.70. The van der Waals surface area contributed by atoms with Gasteiger partial charge in [-0.15, -0.1) is 11.3 Å². The van der Waals surface area contributed by atoms with E-state index in [1.54, 1.807) is 24.5 Å². The van der Waals surface area contributed by atoms with E-state index in [9.17, 15) is 4.79 Å². The Hall–Kier alpha value is -2.56. The van der Waals surface area contributed by atoms with Crippen molar-refractivity contribution in [3.63, 3.8) is 0 Å². The molecule has 0 spiro atoms. The average molecular weight is 369 g/mol. The lowest BCUT2D eigenvalue weighted by Gasteiger charge is -2.05.